The number of halogens is 1. The van der Waals surface area contributed by atoms with E-state index < -0.39 is 0 Å². The molecule has 1 aromatic carbocycles. The molecule has 0 fully saturated rings. The topological polar surface area (TPSA) is 55.1 Å². The number of carbonyl (C=O) groups is 1. The SMILES string of the molecule is CCCC(CC)NC(=O)c1sc2cc(Cl)ccc2c1N. The lowest BCUT2D eigenvalue weighted by molar-refractivity contribution is 0.0938. The van der Waals surface area contributed by atoms with E-state index in [1.54, 1.807) is 6.07 Å². The van der Waals surface area contributed by atoms with Crippen LogP contribution in [0.5, 0.6) is 0 Å². The number of fused-ring (bicyclic) bond motifs is 1. The van der Waals surface area contributed by atoms with Crippen LogP contribution in [0.25, 0.3) is 10.1 Å². The maximum absolute atomic E-state index is 12.4. The summed E-state index contributed by atoms with van der Waals surface area (Å²) in [7, 11) is 0. The van der Waals surface area contributed by atoms with Crippen molar-refractivity contribution in [2.75, 3.05) is 5.73 Å². The first-order valence-corrected chi connectivity index (χ1v) is 8.04. The summed E-state index contributed by atoms with van der Waals surface area (Å²) in [6, 6.07) is 5.71. The van der Waals surface area contributed by atoms with E-state index in [-0.39, 0.29) is 11.9 Å². The molecular weight excluding hydrogens is 292 g/mol. The molecule has 1 amide bonds. The van der Waals surface area contributed by atoms with Crippen LogP contribution in [0.2, 0.25) is 5.02 Å². The molecule has 2 rings (SSSR count). The number of nitrogen functional groups attached to an aromatic ring is 1. The van der Waals surface area contributed by atoms with E-state index >= 15 is 0 Å². The van der Waals surface area contributed by atoms with Gasteiger partial charge in [-0.1, -0.05) is 31.9 Å². The van der Waals surface area contributed by atoms with Crippen LogP contribution in [-0.4, -0.2) is 11.9 Å². The van der Waals surface area contributed by atoms with E-state index in [9.17, 15) is 4.79 Å². The normalized spacial score (nSPS) is 12.6. The van der Waals surface area contributed by atoms with Crippen LogP contribution < -0.4 is 11.1 Å². The summed E-state index contributed by atoms with van der Waals surface area (Å²) in [5.74, 6) is -0.0832. The lowest BCUT2D eigenvalue weighted by Gasteiger charge is -2.15. The van der Waals surface area contributed by atoms with Crippen molar-refractivity contribution < 1.29 is 4.79 Å². The third-order valence-electron chi connectivity index (χ3n) is 3.36. The Morgan fingerprint density at radius 2 is 2.20 bits per heavy atom. The molecule has 1 aromatic heterocycles. The zero-order valence-corrected chi connectivity index (χ0v) is 13.3. The van der Waals surface area contributed by atoms with Crippen molar-refractivity contribution >= 4 is 44.6 Å². The quantitative estimate of drug-likeness (QED) is 0.857. The molecule has 0 bridgehead atoms. The minimum atomic E-state index is -0.0832. The maximum Gasteiger partial charge on any atom is 0.263 e. The number of hydrogen-bond donors (Lipinski definition) is 2. The van der Waals surface area contributed by atoms with Crippen LogP contribution in [0.4, 0.5) is 5.69 Å². The standard InChI is InChI=1S/C15H19ClN2OS/c1-3-5-10(4-2)18-15(19)14-13(17)11-7-6-9(16)8-12(11)20-14/h6-8,10H,3-5,17H2,1-2H3,(H,18,19). The highest BCUT2D eigenvalue weighted by Crippen LogP contribution is 2.35. The number of rotatable bonds is 5. The predicted octanol–water partition coefficient (Wildman–Crippen LogP) is 4.45. The lowest BCUT2D eigenvalue weighted by atomic mass is 10.1. The van der Waals surface area contributed by atoms with Gasteiger partial charge in [-0.05, 0) is 31.0 Å². The third kappa shape index (κ3) is 3.07. The van der Waals surface area contributed by atoms with Crippen LogP contribution in [-0.2, 0) is 0 Å². The van der Waals surface area contributed by atoms with Gasteiger partial charge in [0, 0.05) is 21.2 Å². The predicted molar refractivity (Wildman–Crippen MR) is 87.7 cm³/mol. The number of hydrogen-bond acceptors (Lipinski definition) is 3. The number of carbonyl (C=O) groups excluding carboxylic acids is 1. The largest absolute Gasteiger partial charge is 0.397 e. The van der Waals surface area contributed by atoms with Gasteiger partial charge in [-0.25, -0.2) is 0 Å². The third-order valence-corrected chi connectivity index (χ3v) is 4.76. The number of amides is 1. The number of benzene rings is 1. The smallest absolute Gasteiger partial charge is 0.263 e. The van der Waals surface area contributed by atoms with E-state index in [4.69, 9.17) is 17.3 Å². The van der Waals surface area contributed by atoms with E-state index in [1.165, 1.54) is 11.3 Å². The fraction of sp³-hybridized carbons (Fsp3) is 0.400. The molecule has 1 heterocycles. The average Bonchev–Trinajstić information content (AvgIpc) is 2.74. The van der Waals surface area contributed by atoms with E-state index in [1.807, 2.05) is 12.1 Å². The van der Waals surface area contributed by atoms with Gasteiger partial charge >= 0.3 is 0 Å². The molecule has 1 unspecified atom stereocenters. The van der Waals surface area contributed by atoms with Crippen LogP contribution in [0.3, 0.4) is 0 Å². The molecule has 0 aliphatic rings. The molecule has 108 valence electrons. The van der Waals surface area contributed by atoms with Gasteiger partial charge in [-0.3, -0.25) is 4.79 Å². The summed E-state index contributed by atoms with van der Waals surface area (Å²) in [6.07, 6.45) is 2.96. The van der Waals surface area contributed by atoms with Crippen molar-refractivity contribution in [1.29, 1.82) is 0 Å². The van der Waals surface area contributed by atoms with Crippen LogP contribution in [0.15, 0.2) is 18.2 Å². The molecule has 0 saturated heterocycles. The summed E-state index contributed by atoms with van der Waals surface area (Å²) >= 11 is 7.37. The Kier molecular flexibility index (Phi) is 4.89. The van der Waals surface area contributed by atoms with Crippen molar-refractivity contribution in [3.05, 3.63) is 28.1 Å². The summed E-state index contributed by atoms with van der Waals surface area (Å²) in [5.41, 5.74) is 6.63. The molecule has 0 aliphatic heterocycles. The molecule has 0 saturated carbocycles. The lowest BCUT2D eigenvalue weighted by Crippen LogP contribution is -2.34. The summed E-state index contributed by atoms with van der Waals surface area (Å²) in [5, 5.41) is 4.61. The Morgan fingerprint density at radius 1 is 1.45 bits per heavy atom. The highest BCUT2D eigenvalue weighted by molar-refractivity contribution is 7.21. The van der Waals surface area contributed by atoms with Crippen LogP contribution in [0.1, 0.15) is 42.8 Å². The maximum atomic E-state index is 12.4. The summed E-state index contributed by atoms with van der Waals surface area (Å²) < 4.78 is 0.948. The molecule has 0 radical (unpaired) electrons. The molecule has 0 spiro atoms. The van der Waals surface area contributed by atoms with Gasteiger partial charge in [0.25, 0.3) is 5.91 Å². The minimum absolute atomic E-state index is 0.0832. The highest BCUT2D eigenvalue weighted by atomic mass is 35.5. The first kappa shape index (κ1) is 15.1. The van der Waals surface area contributed by atoms with Crippen molar-refractivity contribution in [2.45, 2.75) is 39.2 Å². The van der Waals surface area contributed by atoms with Crippen molar-refractivity contribution in [3.63, 3.8) is 0 Å². The van der Waals surface area contributed by atoms with E-state index in [0.29, 0.717) is 15.6 Å². The Labute approximate surface area is 128 Å². The van der Waals surface area contributed by atoms with Crippen LogP contribution >= 0.6 is 22.9 Å². The second kappa shape index (κ2) is 6.46. The Bertz CT molecular complexity index is 624. The van der Waals surface area contributed by atoms with Gasteiger partial charge in [0.05, 0.1) is 5.69 Å². The van der Waals surface area contributed by atoms with Crippen molar-refractivity contribution in [1.82, 2.24) is 5.32 Å². The zero-order valence-electron chi connectivity index (χ0n) is 11.7. The number of anilines is 1. The van der Waals surface area contributed by atoms with Gasteiger partial charge in [0.1, 0.15) is 4.88 Å². The van der Waals surface area contributed by atoms with Gasteiger partial charge < -0.3 is 11.1 Å². The second-order valence-electron chi connectivity index (χ2n) is 4.85. The number of thiophene rings is 1. The molecule has 3 N–H and O–H groups in total. The zero-order chi connectivity index (χ0) is 14.7. The Morgan fingerprint density at radius 3 is 2.85 bits per heavy atom. The fourth-order valence-corrected chi connectivity index (χ4v) is 3.54. The Balaban J connectivity index is 2.28. The number of nitrogens with one attached hydrogen (secondary N) is 1. The van der Waals surface area contributed by atoms with Gasteiger partial charge in [-0.15, -0.1) is 11.3 Å². The second-order valence-corrected chi connectivity index (χ2v) is 6.34. The van der Waals surface area contributed by atoms with Crippen molar-refractivity contribution in [3.8, 4) is 0 Å². The minimum Gasteiger partial charge on any atom is -0.397 e. The molecular formula is C15H19ClN2OS. The van der Waals surface area contributed by atoms with Crippen LogP contribution in [0, 0.1) is 0 Å². The highest BCUT2D eigenvalue weighted by Gasteiger charge is 2.18. The monoisotopic (exact) mass is 310 g/mol. The van der Waals surface area contributed by atoms with Gasteiger partial charge in [-0.2, -0.15) is 0 Å². The number of nitrogens with two attached hydrogens (primary N) is 1. The molecule has 2 aromatic rings. The molecule has 20 heavy (non-hydrogen) atoms. The van der Waals surface area contributed by atoms with E-state index in [0.717, 1.165) is 29.3 Å². The first-order chi connectivity index (χ1) is 9.56. The molecule has 1 atom stereocenters. The van der Waals surface area contributed by atoms with Crippen molar-refractivity contribution in [2.24, 2.45) is 0 Å². The Hall–Kier alpha value is -1.26. The molecule has 0 aliphatic carbocycles. The molecule has 3 nitrogen and oxygen atoms in total. The average molecular weight is 311 g/mol. The van der Waals surface area contributed by atoms with Gasteiger partial charge in [0.15, 0.2) is 0 Å². The first-order valence-electron chi connectivity index (χ1n) is 6.85. The van der Waals surface area contributed by atoms with Gasteiger partial charge in [0.2, 0.25) is 0 Å². The fourth-order valence-electron chi connectivity index (χ4n) is 2.24. The summed E-state index contributed by atoms with van der Waals surface area (Å²) in [4.78, 5) is 12.9. The van der Waals surface area contributed by atoms with E-state index in [2.05, 4.69) is 19.2 Å². The summed E-state index contributed by atoms with van der Waals surface area (Å²) in [6.45, 7) is 4.19. The molecule has 5 heteroatoms.